The van der Waals surface area contributed by atoms with E-state index in [1.807, 2.05) is 6.92 Å². The molecule has 1 aliphatic carbocycles. The van der Waals surface area contributed by atoms with Crippen LogP contribution in [0, 0.1) is 19.8 Å². The molecule has 0 radical (unpaired) electrons. The minimum atomic E-state index is 0.428. The Hall–Kier alpha value is -1.49. The van der Waals surface area contributed by atoms with E-state index in [0.717, 1.165) is 30.2 Å². The van der Waals surface area contributed by atoms with Crippen LogP contribution in [0.5, 0.6) is 0 Å². The summed E-state index contributed by atoms with van der Waals surface area (Å²) in [6.07, 6.45) is 4.91. The van der Waals surface area contributed by atoms with Crippen LogP contribution in [0.15, 0.2) is 6.07 Å². The lowest BCUT2D eigenvalue weighted by molar-refractivity contribution is 0.302. The molecular weight excluding hydrogens is 238 g/mol. The molecular formula is C14H21N5. The lowest BCUT2D eigenvalue weighted by atomic mass is 9.79. The van der Waals surface area contributed by atoms with Gasteiger partial charge in [-0.25, -0.2) is 4.98 Å². The van der Waals surface area contributed by atoms with Gasteiger partial charge in [0.1, 0.15) is 5.82 Å². The van der Waals surface area contributed by atoms with Crippen molar-refractivity contribution in [3.8, 4) is 0 Å². The van der Waals surface area contributed by atoms with E-state index in [4.69, 9.17) is 5.73 Å². The Morgan fingerprint density at radius 3 is 2.84 bits per heavy atom. The minimum Gasteiger partial charge on any atom is -0.330 e. The first-order valence-corrected chi connectivity index (χ1v) is 7.10. The predicted octanol–water partition coefficient (Wildman–Crippen LogP) is 1.97. The Kier molecular flexibility index (Phi) is 3.22. The van der Waals surface area contributed by atoms with Crippen LogP contribution in [-0.4, -0.2) is 26.1 Å². The van der Waals surface area contributed by atoms with Crippen molar-refractivity contribution in [2.24, 2.45) is 11.7 Å². The highest BCUT2D eigenvalue weighted by atomic mass is 15.3. The highest BCUT2D eigenvalue weighted by Crippen LogP contribution is 2.36. The van der Waals surface area contributed by atoms with Crippen molar-refractivity contribution < 1.29 is 0 Å². The number of hydrogen-bond donors (Lipinski definition) is 1. The summed E-state index contributed by atoms with van der Waals surface area (Å²) in [5.41, 5.74) is 8.08. The molecule has 2 atom stereocenters. The molecule has 2 aromatic heterocycles. The van der Waals surface area contributed by atoms with Crippen molar-refractivity contribution in [1.29, 1.82) is 0 Å². The van der Waals surface area contributed by atoms with Crippen LogP contribution >= 0.6 is 0 Å². The summed E-state index contributed by atoms with van der Waals surface area (Å²) in [4.78, 5) is 4.46. The lowest BCUT2D eigenvalue weighted by Crippen LogP contribution is -2.27. The molecule has 5 heteroatoms. The second-order valence-corrected chi connectivity index (χ2v) is 5.62. The molecule has 2 unspecified atom stereocenters. The number of aryl methyl sites for hydroxylation is 2. The van der Waals surface area contributed by atoms with Gasteiger partial charge in [-0.05, 0) is 45.2 Å². The Balaban J connectivity index is 2.09. The van der Waals surface area contributed by atoms with Crippen LogP contribution in [0.4, 0.5) is 0 Å². The molecule has 0 aliphatic heterocycles. The number of aromatic nitrogens is 4. The van der Waals surface area contributed by atoms with E-state index >= 15 is 0 Å². The monoisotopic (exact) mass is 259 g/mol. The van der Waals surface area contributed by atoms with Crippen molar-refractivity contribution in [2.45, 2.75) is 45.4 Å². The molecule has 0 spiro atoms. The predicted molar refractivity (Wildman–Crippen MR) is 74.0 cm³/mol. The Labute approximate surface area is 113 Å². The molecule has 1 fully saturated rings. The van der Waals surface area contributed by atoms with Crippen LogP contribution in [0.2, 0.25) is 0 Å². The number of nitrogens with two attached hydrogens (primary N) is 1. The van der Waals surface area contributed by atoms with E-state index < -0.39 is 0 Å². The molecule has 0 bridgehead atoms. The van der Waals surface area contributed by atoms with Gasteiger partial charge in [-0.2, -0.15) is 0 Å². The minimum absolute atomic E-state index is 0.428. The van der Waals surface area contributed by atoms with Crippen molar-refractivity contribution in [1.82, 2.24) is 19.6 Å². The topological polar surface area (TPSA) is 69.1 Å². The summed E-state index contributed by atoms with van der Waals surface area (Å²) in [5, 5.41) is 8.66. The quantitative estimate of drug-likeness (QED) is 0.895. The van der Waals surface area contributed by atoms with Gasteiger partial charge < -0.3 is 5.73 Å². The first kappa shape index (κ1) is 12.5. The maximum absolute atomic E-state index is 5.93. The fourth-order valence-corrected chi connectivity index (χ4v) is 3.33. The summed E-state index contributed by atoms with van der Waals surface area (Å²) in [5.74, 6) is 2.72. The molecule has 0 amide bonds. The van der Waals surface area contributed by atoms with E-state index in [9.17, 15) is 0 Å². The smallest absolute Gasteiger partial charge is 0.255 e. The van der Waals surface area contributed by atoms with E-state index in [-0.39, 0.29) is 0 Å². The molecule has 2 heterocycles. The van der Waals surface area contributed by atoms with Gasteiger partial charge in [0.25, 0.3) is 5.78 Å². The fraction of sp³-hybridized carbons (Fsp3) is 0.643. The Morgan fingerprint density at radius 1 is 1.26 bits per heavy atom. The van der Waals surface area contributed by atoms with Crippen molar-refractivity contribution in [2.75, 3.05) is 6.54 Å². The van der Waals surface area contributed by atoms with Gasteiger partial charge in [0.05, 0.1) is 0 Å². The first-order valence-electron chi connectivity index (χ1n) is 7.10. The van der Waals surface area contributed by atoms with E-state index in [1.54, 1.807) is 0 Å². The summed E-state index contributed by atoms with van der Waals surface area (Å²) in [6, 6.07) is 2.08. The summed E-state index contributed by atoms with van der Waals surface area (Å²) >= 11 is 0. The maximum Gasteiger partial charge on any atom is 0.255 e. The van der Waals surface area contributed by atoms with Gasteiger partial charge in [0.2, 0.25) is 0 Å². The number of rotatable bonds is 2. The molecule has 19 heavy (non-hydrogen) atoms. The average Bonchev–Trinajstić information content (AvgIpc) is 2.82. The highest BCUT2D eigenvalue weighted by molar-refractivity contribution is 5.33. The number of nitrogens with zero attached hydrogens (tertiary/aromatic N) is 4. The largest absolute Gasteiger partial charge is 0.330 e. The Morgan fingerprint density at radius 2 is 2.05 bits per heavy atom. The molecule has 3 rings (SSSR count). The lowest BCUT2D eigenvalue weighted by Gasteiger charge is -2.29. The van der Waals surface area contributed by atoms with Crippen LogP contribution < -0.4 is 5.73 Å². The molecule has 2 aromatic rings. The maximum atomic E-state index is 5.93. The van der Waals surface area contributed by atoms with Crippen molar-refractivity contribution in [3.63, 3.8) is 0 Å². The van der Waals surface area contributed by atoms with Gasteiger partial charge >= 0.3 is 0 Å². The van der Waals surface area contributed by atoms with E-state index in [2.05, 4.69) is 32.6 Å². The van der Waals surface area contributed by atoms with Gasteiger partial charge in [-0.1, -0.05) is 12.8 Å². The summed E-state index contributed by atoms with van der Waals surface area (Å²) in [6.45, 7) is 4.82. The molecule has 1 aliphatic rings. The molecule has 0 aromatic carbocycles. The summed E-state index contributed by atoms with van der Waals surface area (Å²) < 4.78 is 2.10. The average molecular weight is 259 g/mol. The second kappa shape index (κ2) is 4.89. The third-order valence-electron chi connectivity index (χ3n) is 4.26. The first-order chi connectivity index (χ1) is 9.20. The molecule has 1 saturated carbocycles. The van der Waals surface area contributed by atoms with E-state index in [0.29, 0.717) is 17.6 Å². The van der Waals surface area contributed by atoms with Crippen LogP contribution in [0.25, 0.3) is 5.78 Å². The van der Waals surface area contributed by atoms with Crippen LogP contribution in [-0.2, 0) is 0 Å². The zero-order valence-corrected chi connectivity index (χ0v) is 11.6. The third-order valence-corrected chi connectivity index (χ3v) is 4.26. The number of hydrogen-bond acceptors (Lipinski definition) is 4. The number of fused-ring (bicyclic) bond motifs is 1. The zero-order chi connectivity index (χ0) is 13.4. The highest BCUT2D eigenvalue weighted by Gasteiger charge is 2.29. The summed E-state index contributed by atoms with van der Waals surface area (Å²) in [7, 11) is 0. The molecule has 2 N–H and O–H groups in total. The standard InChI is InChI=1S/C14H21N5/c1-9-7-10(2)19-13(17-18-14(19)16-9)12-6-4-3-5-11(12)8-15/h7,11-12H,3-6,8,15H2,1-2H3. The molecule has 0 saturated heterocycles. The van der Waals surface area contributed by atoms with Crippen molar-refractivity contribution >= 4 is 5.78 Å². The normalized spacial score (nSPS) is 23.9. The second-order valence-electron chi connectivity index (χ2n) is 5.62. The SMILES string of the molecule is Cc1cc(C)n2c(C3CCCCC3CN)nnc2n1. The zero-order valence-electron chi connectivity index (χ0n) is 11.6. The fourth-order valence-electron chi connectivity index (χ4n) is 3.33. The molecule has 5 nitrogen and oxygen atoms in total. The van der Waals surface area contributed by atoms with Gasteiger partial charge in [-0.15, -0.1) is 10.2 Å². The van der Waals surface area contributed by atoms with Gasteiger partial charge in [0.15, 0.2) is 0 Å². The molecule has 102 valence electrons. The van der Waals surface area contributed by atoms with Gasteiger partial charge in [0, 0.05) is 17.3 Å². The van der Waals surface area contributed by atoms with Crippen molar-refractivity contribution in [3.05, 3.63) is 23.3 Å². The van der Waals surface area contributed by atoms with E-state index in [1.165, 1.54) is 19.3 Å². The van der Waals surface area contributed by atoms with Crippen LogP contribution in [0.1, 0.15) is 48.8 Å². The Bertz CT molecular complexity index is 589. The third kappa shape index (κ3) is 2.12. The van der Waals surface area contributed by atoms with Crippen LogP contribution in [0.3, 0.4) is 0 Å². The van der Waals surface area contributed by atoms with Gasteiger partial charge in [-0.3, -0.25) is 4.40 Å².